The zero-order valence-corrected chi connectivity index (χ0v) is 20.7. The van der Waals surface area contributed by atoms with Crippen LogP contribution in [-0.2, 0) is 4.79 Å². The minimum atomic E-state index is 0. The molecule has 0 aliphatic carbocycles. The van der Waals surface area contributed by atoms with Crippen LogP contribution in [0, 0.1) is 0 Å². The minimum Gasteiger partial charge on any atom is -0.368 e. The minimum absolute atomic E-state index is 0. The van der Waals surface area contributed by atoms with Crippen LogP contribution in [0.4, 0.5) is 5.69 Å². The van der Waals surface area contributed by atoms with Gasteiger partial charge in [-0.3, -0.25) is 9.79 Å². The molecule has 30 heavy (non-hydrogen) atoms. The van der Waals surface area contributed by atoms with Crippen molar-refractivity contribution in [3.8, 4) is 0 Å². The Bertz CT molecular complexity index is 655. The number of piperidine rings is 1. The van der Waals surface area contributed by atoms with Gasteiger partial charge < -0.3 is 25.3 Å². The second-order valence-electron chi connectivity index (χ2n) is 7.89. The topological polar surface area (TPSA) is 63.2 Å². The third-order valence-corrected chi connectivity index (χ3v) is 5.85. The Balaban J connectivity index is 0.00000320. The fourth-order valence-electron chi connectivity index (χ4n) is 4.13. The SMILES string of the molecule is CCCN1CCC(NC(=NC)NCC(=O)N2CCN(c3ccccc3)CC2)CC1.I. The molecular formula is C22H37IN6O. The monoisotopic (exact) mass is 528 g/mol. The Morgan fingerprint density at radius 2 is 1.73 bits per heavy atom. The van der Waals surface area contributed by atoms with Gasteiger partial charge in [0, 0.05) is 58.0 Å². The summed E-state index contributed by atoms with van der Waals surface area (Å²) in [6.07, 6.45) is 3.45. The smallest absolute Gasteiger partial charge is 0.242 e. The molecule has 3 rings (SSSR count). The number of likely N-dealkylation sites (tertiary alicyclic amines) is 1. The summed E-state index contributed by atoms with van der Waals surface area (Å²) in [6, 6.07) is 10.8. The van der Waals surface area contributed by atoms with Crippen molar-refractivity contribution in [2.45, 2.75) is 32.2 Å². The number of para-hydroxylation sites is 1. The summed E-state index contributed by atoms with van der Waals surface area (Å²) >= 11 is 0. The third kappa shape index (κ3) is 7.30. The zero-order chi connectivity index (χ0) is 20.5. The zero-order valence-electron chi connectivity index (χ0n) is 18.3. The molecule has 2 aliphatic heterocycles. The largest absolute Gasteiger partial charge is 0.368 e. The van der Waals surface area contributed by atoms with Crippen molar-refractivity contribution in [1.82, 2.24) is 20.4 Å². The lowest BCUT2D eigenvalue weighted by Crippen LogP contribution is -2.53. The predicted octanol–water partition coefficient (Wildman–Crippen LogP) is 1.99. The highest BCUT2D eigenvalue weighted by atomic mass is 127. The lowest BCUT2D eigenvalue weighted by molar-refractivity contribution is -0.130. The molecule has 2 heterocycles. The van der Waals surface area contributed by atoms with E-state index < -0.39 is 0 Å². The fraction of sp³-hybridized carbons (Fsp3) is 0.636. The Labute approximate surface area is 198 Å². The molecule has 2 fully saturated rings. The number of hydrogen-bond donors (Lipinski definition) is 2. The van der Waals surface area contributed by atoms with Gasteiger partial charge in [-0.1, -0.05) is 25.1 Å². The van der Waals surface area contributed by atoms with Crippen LogP contribution in [0.15, 0.2) is 35.3 Å². The number of benzene rings is 1. The van der Waals surface area contributed by atoms with E-state index in [2.05, 4.69) is 56.6 Å². The van der Waals surface area contributed by atoms with Gasteiger partial charge in [-0.05, 0) is 37.9 Å². The van der Waals surface area contributed by atoms with E-state index in [4.69, 9.17) is 0 Å². The van der Waals surface area contributed by atoms with E-state index in [-0.39, 0.29) is 29.9 Å². The highest BCUT2D eigenvalue weighted by Gasteiger charge is 2.22. The van der Waals surface area contributed by atoms with E-state index in [1.807, 2.05) is 11.0 Å². The average molecular weight is 528 g/mol. The number of guanidine groups is 1. The molecule has 0 unspecified atom stereocenters. The van der Waals surface area contributed by atoms with E-state index in [0.717, 1.165) is 58.1 Å². The van der Waals surface area contributed by atoms with Crippen LogP contribution in [-0.4, -0.2) is 87.1 Å². The van der Waals surface area contributed by atoms with Gasteiger partial charge in [0.05, 0.1) is 6.54 Å². The van der Waals surface area contributed by atoms with Gasteiger partial charge >= 0.3 is 0 Å². The van der Waals surface area contributed by atoms with Crippen molar-refractivity contribution in [3.63, 3.8) is 0 Å². The second-order valence-corrected chi connectivity index (χ2v) is 7.89. The van der Waals surface area contributed by atoms with Crippen LogP contribution in [0.1, 0.15) is 26.2 Å². The molecule has 0 spiro atoms. The average Bonchev–Trinajstić information content (AvgIpc) is 2.78. The Hall–Kier alpha value is -1.55. The van der Waals surface area contributed by atoms with Gasteiger partial charge in [-0.25, -0.2) is 0 Å². The molecule has 1 aromatic carbocycles. The number of piperazine rings is 1. The number of nitrogens with one attached hydrogen (secondary N) is 2. The number of carbonyl (C=O) groups excluding carboxylic acids is 1. The molecule has 8 heteroatoms. The fourth-order valence-corrected chi connectivity index (χ4v) is 4.13. The second kappa shape index (κ2) is 13.0. The summed E-state index contributed by atoms with van der Waals surface area (Å²) in [5.41, 5.74) is 1.23. The molecule has 2 saturated heterocycles. The van der Waals surface area contributed by atoms with Crippen molar-refractivity contribution in [2.24, 2.45) is 4.99 Å². The maximum atomic E-state index is 12.6. The summed E-state index contributed by atoms with van der Waals surface area (Å²) in [6.45, 7) is 9.24. The van der Waals surface area contributed by atoms with Crippen molar-refractivity contribution < 1.29 is 4.79 Å². The first-order chi connectivity index (χ1) is 14.2. The summed E-state index contributed by atoms with van der Waals surface area (Å²) in [5, 5.41) is 6.70. The molecule has 7 nitrogen and oxygen atoms in total. The normalized spacial score (nSPS) is 18.7. The molecule has 0 radical (unpaired) electrons. The van der Waals surface area contributed by atoms with Gasteiger partial charge in [0.1, 0.15) is 0 Å². The highest BCUT2D eigenvalue weighted by molar-refractivity contribution is 14.0. The molecule has 0 atom stereocenters. The van der Waals surface area contributed by atoms with Crippen molar-refractivity contribution in [3.05, 3.63) is 30.3 Å². The summed E-state index contributed by atoms with van der Waals surface area (Å²) < 4.78 is 0. The summed E-state index contributed by atoms with van der Waals surface area (Å²) in [5.74, 6) is 0.869. The number of rotatable bonds is 6. The summed E-state index contributed by atoms with van der Waals surface area (Å²) in [7, 11) is 1.77. The van der Waals surface area contributed by atoms with Gasteiger partial charge in [0.2, 0.25) is 5.91 Å². The van der Waals surface area contributed by atoms with E-state index in [0.29, 0.717) is 12.6 Å². The Morgan fingerprint density at radius 3 is 2.33 bits per heavy atom. The molecular weight excluding hydrogens is 491 g/mol. The number of hydrogen-bond acceptors (Lipinski definition) is 4. The highest BCUT2D eigenvalue weighted by Crippen LogP contribution is 2.15. The van der Waals surface area contributed by atoms with Crippen LogP contribution < -0.4 is 15.5 Å². The maximum Gasteiger partial charge on any atom is 0.242 e. The molecule has 0 aromatic heterocycles. The number of anilines is 1. The molecule has 2 aliphatic rings. The standard InChI is InChI=1S/C22H36N6O.HI/c1-3-11-26-12-9-19(10-13-26)25-22(23-2)24-18-21(29)28-16-14-27(15-17-28)20-7-5-4-6-8-20;/h4-8,19H,3,9-18H2,1-2H3,(H2,23,24,25);1H. The van der Waals surface area contributed by atoms with Gasteiger partial charge in [-0.2, -0.15) is 0 Å². The predicted molar refractivity (Wildman–Crippen MR) is 135 cm³/mol. The van der Waals surface area contributed by atoms with Crippen LogP contribution in [0.2, 0.25) is 0 Å². The number of amides is 1. The van der Waals surface area contributed by atoms with E-state index in [9.17, 15) is 4.79 Å². The van der Waals surface area contributed by atoms with E-state index in [1.54, 1.807) is 7.05 Å². The van der Waals surface area contributed by atoms with Crippen LogP contribution in [0.25, 0.3) is 0 Å². The number of halogens is 1. The molecule has 1 aromatic rings. The first-order valence-electron chi connectivity index (χ1n) is 11.0. The van der Waals surface area contributed by atoms with Crippen molar-refractivity contribution >= 4 is 41.5 Å². The maximum absolute atomic E-state index is 12.6. The van der Waals surface area contributed by atoms with Gasteiger partial charge in [0.25, 0.3) is 0 Å². The third-order valence-electron chi connectivity index (χ3n) is 5.85. The molecule has 0 bridgehead atoms. The van der Waals surface area contributed by atoms with Crippen LogP contribution >= 0.6 is 24.0 Å². The molecule has 1 amide bonds. The van der Waals surface area contributed by atoms with E-state index in [1.165, 1.54) is 18.7 Å². The van der Waals surface area contributed by atoms with Crippen LogP contribution in [0.3, 0.4) is 0 Å². The lowest BCUT2D eigenvalue weighted by atomic mass is 10.1. The molecule has 0 saturated carbocycles. The number of aliphatic imine (C=N–C) groups is 1. The summed E-state index contributed by atoms with van der Waals surface area (Å²) in [4.78, 5) is 23.7. The number of nitrogens with zero attached hydrogens (tertiary/aromatic N) is 4. The van der Waals surface area contributed by atoms with Gasteiger partial charge in [-0.15, -0.1) is 24.0 Å². The van der Waals surface area contributed by atoms with Crippen molar-refractivity contribution in [2.75, 3.05) is 64.3 Å². The lowest BCUT2D eigenvalue weighted by Gasteiger charge is -2.36. The quantitative estimate of drug-likeness (QED) is 0.336. The molecule has 168 valence electrons. The Morgan fingerprint density at radius 1 is 1.07 bits per heavy atom. The number of carbonyl (C=O) groups is 1. The van der Waals surface area contributed by atoms with Crippen molar-refractivity contribution in [1.29, 1.82) is 0 Å². The first-order valence-corrected chi connectivity index (χ1v) is 11.0. The van der Waals surface area contributed by atoms with Crippen LogP contribution in [0.5, 0.6) is 0 Å². The van der Waals surface area contributed by atoms with Gasteiger partial charge in [0.15, 0.2) is 5.96 Å². The first kappa shape index (κ1) is 24.7. The van der Waals surface area contributed by atoms with E-state index >= 15 is 0 Å². The molecule has 2 N–H and O–H groups in total. The Kier molecular flexibility index (Phi) is 10.7.